The summed E-state index contributed by atoms with van der Waals surface area (Å²) in [7, 11) is 0. The van der Waals surface area contributed by atoms with E-state index in [1.165, 1.54) is 5.56 Å². The van der Waals surface area contributed by atoms with Gasteiger partial charge in [-0.15, -0.1) is 0 Å². The van der Waals surface area contributed by atoms with Crippen molar-refractivity contribution >= 4 is 21.7 Å². The van der Waals surface area contributed by atoms with Crippen LogP contribution in [0, 0.1) is 6.92 Å². The highest BCUT2D eigenvalue weighted by molar-refractivity contribution is 9.10. The van der Waals surface area contributed by atoms with Crippen LogP contribution in [0.4, 0.5) is 5.82 Å². The number of nitrogens with zero attached hydrogens (tertiary/aromatic N) is 2. The molecule has 0 saturated heterocycles. The summed E-state index contributed by atoms with van der Waals surface area (Å²) in [6, 6.07) is 11.8. The lowest BCUT2D eigenvalue weighted by atomic mass is 10.1. The van der Waals surface area contributed by atoms with Crippen molar-refractivity contribution in [3.05, 3.63) is 52.4 Å². The third-order valence-electron chi connectivity index (χ3n) is 2.70. The number of aryl methyl sites for hydroxylation is 1. The van der Waals surface area contributed by atoms with E-state index in [0.717, 1.165) is 11.0 Å². The highest BCUT2D eigenvalue weighted by atomic mass is 79.9. The molecule has 0 bridgehead atoms. The van der Waals surface area contributed by atoms with Gasteiger partial charge >= 0.3 is 0 Å². The minimum atomic E-state index is -0.0661. The van der Waals surface area contributed by atoms with Crippen LogP contribution < -0.4 is 5.32 Å². The zero-order chi connectivity index (χ0) is 13.7. The molecular weight excluding hydrogens is 306 g/mol. The largest absolute Gasteiger partial charge is 0.394 e. The van der Waals surface area contributed by atoms with E-state index in [4.69, 9.17) is 0 Å². The molecule has 2 N–H and O–H groups in total. The number of aliphatic hydroxyl groups excluding tert-OH is 1. The van der Waals surface area contributed by atoms with E-state index in [1.54, 1.807) is 6.07 Å². The van der Waals surface area contributed by atoms with Gasteiger partial charge in [0.05, 0.1) is 12.6 Å². The number of hydrogen-bond acceptors (Lipinski definition) is 4. The van der Waals surface area contributed by atoms with Crippen LogP contribution in [0.1, 0.15) is 11.4 Å². The summed E-state index contributed by atoms with van der Waals surface area (Å²) in [5, 5.41) is 12.7. The summed E-state index contributed by atoms with van der Waals surface area (Å²) >= 11 is 3.34. The number of nitrogens with one attached hydrogen (secondary N) is 1. The highest BCUT2D eigenvalue weighted by Crippen LogP contribution is 2.14. The lowest BCUT2D eigenvalue weighted by molar-refractivity contribution is 0.273. The number of aromatic nitrogens is 2. The van der Waals surface area contributed by atoms with Gasteiger partial charge in [-0.2, -0.15) is 0 Å². The Hall–Kier alpha value is -1.46. The average Bonchev–Trinajstić information content (AvgIpc) is 2.38. The maximum absolute atomic E-state index is 9.47. The van der Waals surface area contributed by atoms with Crippen molar-refractivity contribution in [2.45, 2.75) is 19.4 Å². The molecule has 2 aromatic rings. The van der Waals surface area contributed by atoms with Crippen LogP contribution in [0.3, 0.4) is 0 Å². The Kier molecular flexibility index (Phi) is 4.87. The Bertz CT molecular complexity index is 513. The Morgan fingerprint density at radius 1 is 1.26 bits per heavy atom. The summed E-state index contributed by atoms with van der Waals surface area (Å²) in [6.45, 7) is 1.89. The lowest BCUT2D eigenvalue weighted by Crippen LogP contribution is -2.27. The Morgan fingerprint density at radius 3 is 2.63 bits per heavy atom. The van der Waals surface area contributed by atoms with Crippen LogP contribution in [0.25, 0.3) is 0 Å². The minimum Gasteiger partial charge on any atom is -0.394 e. The van der Waals surface area contributed by atoms with E-state index in [-0.39, 0.29) is 12.6 Å². The molecule has 0 aliphatic heterocycles. The fraction of sp³-hybridized carbons (Fsp3) is 0.286. The molecular formula is C14H16BrN3O. The first-order valence-electron chi connectivity index (χ1n) is 6.10. The molecule has 1 atom stereocenters. The van der Waals surface area contributed by atoms with Gasteiger partial charge in [0.15, 0.2) is 0 Å². The van der Waals surface area contributed by atoms with E-state index in [0.29, 0.717) is 11.6 Å². The van der Waals surface area contributed by atoms with Crippen molar-refractivity contribution in [1.29, 1.82) is 0 Å². The fourth-order valence-electron chi connectivity index (χ4n) is 1.87. The second-order valence-corrected chi connectivity index (χ2v) is 5.15. The zero-order valence-electron chi connectivity index (χ0n) is 10.7. The maximum Gasteiger partial charge on any atom is 0.131 e. The third-order valence-corrected chi connectivity index (χ3v) is 3.11. The number of aliphatic hydroxyl groups is 1. The normalized spacial score (nSPS) is 12.2. The predicted molar refractivity (Wildman–Crippen MR) is 79.1 cm³/mol. The summed E-state index contributed by atoms with van der Waals surface area (Å²) in [5.41, 5.74) is 1.18. The first-order valence-corrected chi connectivity index (χ1v) is 6.89. The smallest absolute Gasteiger partial charge is 0.131 e. The molecule has 0 amide bonds. The molecule has 1 unspecified atom stereocenters. The molecule has 1 aromatic carbocycles. The van der Waals surface area contributed by atoms with Gasteiger partial charge in [-0.3, -0.25) is 0 Å². The van der Waals surface area contributed by atoms with Crippen LogP contribution in [0.5, 0.6) is 0 Å². The van der Waals surface area contributed by atoms with E-state index >= 15 is 0 Å². The van der Waals surface area contributed by atoms with Gasteiger partial charge in [-0.25, -0.2) is 9.97 Å². The molecule has 1 aromatic heterocycles. The first kappa shape index (κ1) is 14.0. The van der Waals surface area contributed by atoms with E-state index < -0.39 is 0 Å². The van der Waals surface area contributed by atoms with E-state index in [1.807, 2.05) is 37.3 Å². The Balaban J connectivity index is 2.06. The number of hydrogen-bond donors (Lipinski definition) is 2. The van der Waals surface area contributed by atoms with Gasteiger partial charge in [0.25, 0.3) is 0 Å². The molecule has 0 aliphatic carbocycles. The van der Waals surface area contributed by atoms with Gasteiger partial charge in [0.2, 0.25) is 0 Å². The topological polar surface area (TPSA) is 58.0 Å². The van der Waals surface area contributed by atoms with Crippen LogP contribution in [-0.2, 0) is 6.42 Å². The standard InChI is InChI=1S/C14H16BrN3O/c1-10-16-13(15)8-14(17-10)18-12(9-19)7-11-5-3-2-4-6-11/h2-6,8,12,19H,7,9H2,1H3,(H,16,17,18). The molecule has 100 valence electrons. The van der Waals surface area contributed by atoms with Crippen molar-refractivity contribution in [3.63, 3.8) is 0 Å². The van der Waals surface area contributed by atoms with Gasteiger partial charge in [0, 0.05) is 6.07 Å². The number of rotatable bonds is 5. The van der Waals surface area contributed by atoms with Crippen molar-refractivity contribution < 1.29 is 5.11 Å². The monoisotopic (exact) mass is 321 g/mol. The minimum absolute atomic E-state index is 0.0512. The molecule has 0 saturated carbocycles. The van der Waals surface area contributed by atoms with Crippen molar-refractivity contribution in [3.8, 4) is 0 Å². The molecule has 4 nitrogen and oxygen atoms in total. The second kappa shape index (κ2) is 6.63. The van der Waals surface area contributed by atoms with Crippen molar-refractivity contribution in [2.75, 3.05) is 11.9 Å². The quantitative estimate of drug-likeness (QED) is 0.831. The summed E-state index contributed by atoms with van der Waals surface area (Å²) in [5.74, 6) is 1.41. The Labute approximate surface area is 121 Å². The molecule has 5 heteroatoms. The first-order chi connectivity index (χ1) is 9.17. The van der Waals surface area contributed by atoms with Crippen LogP contribution >= 0.6 is 15.9 Å². The van der Waals surface area contributed by atoms with Crippen LogP contribution in [-0.4, -0.2) is 27.7 Å². The molecule has 2 rings (SSSR count). The zero-order valence-corrected chi connectivity index (χ0v) is 12.3. The van der Waals surface area contributed by atoms with Crippen LogP contribution in [0.15, 0.2) is 41.0 Å². The van der Waals surface area contributed by atoms with E-state index in [9.17, 15) is 5.11 Å². The fourth-order valence-corrected chi connectivity index (χ4v) is 2.35. The number of benzene rings is 1. The van der Waals surface area contributed by atoms with Gasteiger partial charge in [-0.1, -0.05) is 30.3 Å². The van der Waals surface area contributed by atoms with Gasteiger partial charge < -0.3 is 10.4 Å². The lowest BCUT2D eigenvalue weighted by Gasteiger charge is -2.17. The predicted octanol–water partition coefficient (Wildman–Crippen LogP) is 2.56. The van der Waals surface area contributed by atoms with Gasteiger partial charge in [-0.05, 0) is 34.8 Å². The highest BCUT2D eigenvalue weighted by Gasteiger charge is 2.10. The third kappa shape index (κ3) is 4.29. The van der Waals surface area contributed by atoms with Crippen molar-refractivity contribution in [2.24, 2.45) is 0 Å². The van der Waals surface area contributed by atoms with Crippen molar-refractivity contribution in [1.82, 2.24) is 9.97 Å². The Morgan fingerprint density at radius 2 is 2.00 bits per heavy atom. The SMILES string of the molecule is Cc1nc(Br)cc(NC(CO)Cc2ccccc2)n1. The summed E-state index contributed by atoms with van der Waals surface area (Å²) in [4.78, 5) is 8.45. The average molecular weight is 322 g/mol. The number of anilines is 1. The van der Waals surface area contributed by atoms with E-state index in [2.05, 4.69) is 31.2 Å². The molecule has 0 spiro atoms. The van der Waals surface area contributed by atoms with Crippen LogP contribution in [0.2, 0.25) is 0 Å². The van der Waals surface area contributed by atoms with Gasteiger partial charge in [0.1, 0.15) is 16.2 Å². The molecule has 0 aliphatic rings. The summed E-state index contributed by atoms with van der Waals surface area (Å²) in [6.07, 6.45) is 0.748. The molecule has 0 fully saturated rings. The maximum atomic E-state index is 9.47. The summed E-state index contributed by atoms with van der Waals surface area (Å²) < 4.78 is 0.735. The molecule has 1 heterocycles. The molecule has 0 radical (unpaired) electrons. The number of halogens is 1. The second-order valence-electron chi connectivity index (χ2n) is 4.34. The molecule has 19 heavy (non-hydrogen) atoms.